The number of hydrogen-bond donors (Lipinski definition) is 1. The molecule has 3 amide bonds. The van der Waals surface area contributed by atoms with E-state index in [1.807, 2.05) is 0 Å². The van der Waals surface area contributed by atoms with Gasteiger partial charge in [0.25, 0.3) is 5.91 Å². The minimum Gasteiger partial charge on any atom is -0.273 e. The quantitative estimate of drug-likeness (QED) is 0.703. The number of hydrogen-bond acceptors (Lipinski definition) is 4. The van der Waals surface area contributed by atoms with Crippen molar-refractivity contribution >= 4 is 17.7 Å². The van der Waals surface area contributed by atoms with Gasteiger partial charge in [0.05, 0.1) is 0 Å². The Labute approximate surface area is 91.2 Å². The average Bonchev–Trinajstić information content (AvgIpc) is 2.62. The smallest absolute Gasteiger partial charge is 0.270 e. The van der Waals surface area contributed by atoms with Crippen molar-refractivity contribution in [3.8, 4) is 0 Å². The average molecular weight is 219 g/mol. The van der Waals surface area contributed by atoms with Gasteiger partial charge in [-0.3, -0.25) is 24.8 Å². The maximum Gasteiger partial charge on any atom is 0.270 e. The van der Waals surface area contributed by atoms with Gasteiger partial charge in [-0.2, -0.15) is 5.01 Å². The van der Waals surface area contributed by atoms with Crippen molar-refractivity contribution in [2.45, 2.75) is 12.8 Å². The first kappa shape index (κ1) is 10.3. The summed E-state index contributed by atoms with van der Waals surface area (Å²) in [7, 11) is 0. The molecule has 0 bridgehead atoms. The summed E-state index contributed by atoms with van der Waals surface area (Å²) in [4.78, 5) is 37.8. The zero-order valence-electron chi connectivity index (χ0n) is 8.34. The van der Waals surface area contributed by atoms with Crippen molar-refractivity contribution in [3.05, 3.63) is 30.1 Å². The predicted octanol–water partition coefficient (Wildman–Crippen LogP) is -0.125. The van der Waals surface area contributed by atoms with Gasteiger partial charge in [0.1, 0.15) is 0 Å². The number of rotatable bonds is 2. The fourth-order valence-corrected chi connectivity index (χ4v) is 1.37. The highest BCUT2D eigenvalue weighted by atomic mass is 16.2. The fourth-order valence-electron chi connectivity index (χ4n) is 1.37. The minimum absolute atomic E-state index is 0.148. The van der Waals surface area contributed by atoms with E-state index in [1.54, 1.807) is 0 Å². The lowest BCUT2D eigenvalue weighted by atomic mass is 10.2. The predicted molar refractivity (Wildman–Crippen MR) is 52.8 cm³/mol. The molecule has 1 fully saturated rings. The normalized spacial score (nSPS) is 15.4. The molecule has 2 heterocycles. The lowest BCUT2D eigenvalue weighted by Gasteiger charge is -2.14. The van der Waals surface area contributed by atoms with Crippen LogP contribution in [0.25, 0.3) is 0 Å². The van der Waals surface area contributed by atoms with Gasteiger partial charge in [0, 0.05) is 30.8 Å². The third kappa shape index (κ3) is 1.90. The van der Waals surface area contributed by atoms with Gasteiger partial charge in [-0.05, 0) is 12.1 Å². The molecular weight excluding hydrogens is 210 g/mol. The van der Waals surface area contributed by atoms with Gasteiger partial charge in [0.2, 0.25) is 11.8 Å². The Balaban J connectivity index is 2.08. The van der Waals surface area contributed by atoms with Crippen LogP contribution in [-0.4, -0.2) is 27.7 Å². The number of aromatic nitrogens is 1. The Hall–Kier alpha value is -2.24. The molecule has 1 aromatic heterocycles. The molecule has 1 aromatic rings. The molecule has 0 radical (unpaired) electrons. The van der Waals surface area contributed by atoms with Crippen molar-refractivity contribution in [1.29, 1.82) is 0 Å². The number of nitrogens with zero attached hydrogens (tertiary/aromatic N) is 2. The van der Waals surface area contributed by atoms with Crippen LogP contribution in [0.2, 0.25) is 0 Å². The maximum absolute atomic E-state index is 11.6. The molecule has 1 aliphatic rings. The first-order valence-corrected chi connectivity index (χ1v) is 4.75. The van der Waals surface area contributed by atoms with Gasteiger partial charge < -0.3 is 0 Å². The Kier molecular flexibility index (Phi) is 2.63. The largest absolute Gasteiger partial charge is 0.273 e. The van der Waals surface area contributed by atoms with E-state index in [-0.39, 0.29) is 24.7 Å². The molecule has 2 rings (SSSR count). The summed E-state index contributed by atoms with van der Waals surface area (Å²) in [6.45, 7) is 0. The summed E-state index contributed by atoms with van der Waals surface area (Å²) in [5, 5.41) is 0.767. The van der Waals surface area contributed by atoms with Crippen molar-refractivity contribution in [2.24, 2.45) is 0 Å². The second-order valence-corrected chi connectivity index (χ2v) is 3.30. The third-order valence-corrected chi connectivity index (χ3v) is 2.21. The van der Waals surface area contributed by atoms with Gasteiger partial charge in [-0.25, -0.2) is 0 Å². The second-order valence-electron chi connectivity index (χ2n) is 3.30. The number of imide groups is 1. The second kappa shape index (κ2) is 4.09. The van der Waals surface area contributed by atoms with E-state index in [9.17, 15) is 14.4 Å². The number of carbonyl (C=O) groups excluding carboxylic acids is 3. The molecule has 1 saturated heterocycles. The number of pyridine rings is 1. The molecule has 0 saturated carbocycles. The highest BCUT2D eigenvalue weighted by Gasteiger charge is 2.30. The topological polar surface area (TPSA) is 79.4 Å². The highest BCUT2D eigenvalue weighted by molar-refractivity contribution is 6.05. The maximum atomic E-state index is 11.6. The van der Waals surface area contributed by atoms with Gasteiger partial charge in [0.15, 0.2) is 0 Å². The van der Waals surface area contributed by atoms with Crippen molar-refractivity contribution in [1.82, 2.24) is 15.4 Å². The van der Waals surface area contributed by atoms with Crippen LogP contribution < -0.4 is 5.43 Å². The van der Waals surface area contributed by atoms with Crippen LogP contribution in [0.5, 0.6) is 0 Å². The van der Waals surface area contributed by atoms with Crippen molar-refractivity contribution in [3.63, 3.8) is 0 Å². The zero-order valence-corrected chi connectivity index (χ0v) is 8.34. The summed E-state index contributed by atoms with van der Waals surface area (Å²) in [5.74, 6) is -1.26. The lowest BCUT2D eigenvalue weighted by Crippen LogP contribution is -2.45. The first-order valence-electron chi connectivity index (χ1n) is 4.75. The molecule has 6 heteroatoms. The summed E-state index contributed by atoms with van der Waals surface area (Å²) >= 11 is 0. The van der Waals surface area contributed by atoms with E-state index in [0.717, 1.165) is 5.01 Å². The van der Waals surface area contributed by atoms with Gasteiger partial charge in [-0.15, -0.1) is 0 Å². The van der Waals surface area contributed by atoms with E-state index in [1.165, 1.54) is 24.5 Å². The summed E-state index contributed by atoms with van der Waals surface area (Å²) in [5.41, 5.74) is 2.61. The SMILES string of the molecule is O=C(NN1C(=O)CCC1=O)c1ccncc1. The Bertz CT molecular complexity index is 428. The molecule has 82 valence electrons. The monoisotopic (exact) mass is 219 g/mol. The number of hydrazine groups is 1. The van der Waals surface area contributed by atoms with E-state index in [4.69, 9.17) is 0 Å². The van der Waals surface area contributed by atoms with Crippen LogP contribution in [-0.2, 0) is 9.59 Å². The van der Waals surface area contributed by atoms with Crippen molar-refractivity contribution < 1.29 is 14.4 Å². The first-order chi connectivity index (χ1) is 7.68. The molecule has 0 aromatic carbocycles. The van der Waals surface area contributed by atoms with Crippen LogP contribution in [0.1, 0.15) is 23.2 Å². The molecular formula is C10H9N3O3. The zero-order chi connectivity index (χ0) is 11.5. The third-order valence-electron chi connectivity index (χ3n) is 2.21. The van der Waals surface area contributed by atoms with E-state index >= 15 is 0 Å². The summed E-state index contributed by atoms with van der Waals surface area (Å²) in [6.07, 6.45) is 3.22. The Morgan fingerprint density at radius 1 is 1.19 bits per heavy atom. The summed E-state index contributed by atoms with van der Waals surface area (Å²) in [6, 6.07) is 3.00. The molecule has 1 aliphatic heterocycles. The standard InChI is InChI=1S/C10H9N3O3/c14-8-1-2-9(15)13(8)12-10(16)7-3-5-11-6-4-7/h3-6H,1-2H2,(H,12,16). The fraction of sp³-hybridized carbons (Fsp3) is 0.200. The van der Waals surface area contributed by atoms with E-state index < -0.39 is 5.91 Å². The number of carbonyl (C=O) groups is 3. The number of nitrogens with one attached hydrogen (secondary N) is 1. The van der Waals surface area contributed by atoms with Crippen LogP contribution in [0, 0.1) is 0 Å². The van der Waals surface area contributed by atoms with Crippen molar-refractivity contribution in [2.75, 3.05) is 0 Å². The Morgan fingerprint density at radius 3 is 2.31 bits per heavy atom. The van der Waals surface area contributed by atoms with Crippen LogP contribution in [0.3, 0.4) is 0 Å². The van der Waals surface area contributed by atoms with Crippen LogP contribution in [0.15, 0.2) is 24.5 Å². The van der Waals surface area contributed by atoms with Gasteiger partial charge in [-0.1, -0.05) is 0 Å². The minimum atomic E-state index is -0.494. The molecule has 0 unspecified atom stereocenters. The van der Waals surface area contributed by atoms with Gasteiger partial charge >= 0.3 is 0 Å². The highest BCUT2D eigenvalue weighted by Crippen LogP contribution is 2.09. The molecule has 16 heavy (non-hydrogen) atoms. The number of amides is 3. The van der Waals surface area contributed by atoms with Crippen LogP contribution in [0.4, 0.5) is 0 Å². The summed E-state index contributed by atoms with van der Waals surface area (Å²) < 4.78 is 0. The molecule has 0 aliphatic carbocycles. The van der Waals surface area contributed by atoms with Crippen LogP contribution >= 0.6 is 0 Å². The molecule has 1 N–H and O–H groups in total. The lowest BCUT2D eigenvalue weighted by molar-refractivity contribution is -0.141. The van der Waals surface area contributed by atoms with E-state index in [2.05, 4.69) is 10.4 Å². The molecule has 0 atom stereocenters. The van der Waals surface area contributed by atoms with E-state index in [0.29, 0.717) is 5.56 Å². The Morgan fingerprint density at radius 2 is 1.75 bits per heavy atom. The molecule has 0 spiro atoms. The molecule has 6 nitrogen and oxygen atoms in total.